The van der Waals surface area contributed by atoms with Crippen molar-refractivity contribution in [2.45, 2.75) is 57.6 Å². The van der Waals surface area contributed by atoms with Crippen molar-refractivity contribution in [1.82, 2.24) is 10.6 Å². The number of aliphatic hydroxyl groups excluding tert-OH is 1. The van der Waals surface area contributed by atoms with Crippen LogP contribution < -0.4 is 15.4 Å². The van der Waals surface area contributed by atoms with Gasteiger partial charge >= 0.3 is 0 Å². The predicted molar refractivity (Wildman–Crippen MR) is 149 cm³/mol. The van der Waals surface area contributed by atoms with Crippen LogP contribution in [-0.4, -0.2) is 43.4 Å². The van der Waals surface area contributed by atoms with Crippen LogP contribution in [0.2, 0.25) is 0 Å². The van der Waals surface area contributed by atoms with E-state index < -0.39 is 45.0 Å². The fourth-order valence-electron chi connectivity index (χ4n) is 3.99. The molecule has 0 aliphatic heterocycles. The van der Waals surface area contributed by atoms with Gasteiger partial charge in [0.05, 0.1) is 17.4 Å². The van der Waals surface area contributed by atoms with Gasteiger partial charge in [-0.1, -0.05) is 37.3 Å². The van der Waals surface area contributed by atoms with Crippen molar-refractivity contribution in [3.63, 3.8) is 0 Å². The van der Waals surface area contributed by atoms with Gasteiger partial charge in [-0.2, -0.15) is 0 Å². The standard InChI is InChI=1S/C29H35F2N3O4S/c1-4-20-7-5-8-21(11-20)17-32-18-28(35)27(14-22-12-24(30)16-25(31)13-22)33-29(36)23-9-6-10-26(15-23)34-39(37,38)19(2)3/h5-13,15-16,19,27-28,32,34-35H,4,14,17-18H2,1-3H3,(H,33,36). The second-order valence-electron chi connectivity index (χ2n) is 9.71. The molecule has 0 saturated heterocycles. The molecular formula is C29H35F2N3O4S. The van der Waals surface area contributed by atoms with Gasteiger partial charge in [0, 0.05) is 30.4 Å². The van der Waals surface area contributed by atoms with Gasteiger partial charge < -0.3 is 15.7 Å². The monoisotopic (exact) mass is 559 g/mol. The lowest BCUT2D eigenvalue weighted by molar-refractivity contribution is 0.0830. The third-order valence-corrected chi connectivity index (χ3v) is 8.01. The topological polar surface area (TPSA) is 108 Å². The van der Waals surface area contributed by atoms with Gasteiger partial charge in [0.2, 0.25) is 10.0 Å². The maximum Gasteiger partial charge on any atom is 0.251 e. The first-order valence-electron chi connectivity index (χ1n) is 12.8. The zero-order chi connectivity index (χ0) is 28.6. The van der Waals surface area contributed by atoms with E-state index in [0.717, 1.165) is 30.2 Å². The summed E-state index contributed by atoms with van der Waals surface area (Å²) in [7, 11) is -3.62. The normalized spacial score (nSPS) is 13.2. The number of aryl methyl sites for hydroxylation is 1. The Morgan fingerprint density at radius 2 is 1.59 bits per heavy atom. The molecule has 0 heterocycles. The largest absolute Gasteiger partial charge is 0.390 e. The first kappa shape index (κ1) is 30.2. The maximum atomic E-state index is 13.8. The van der Waals surface area contributed by atoms with Gasteiger partial charge in [-0.15, -0.1) is 0 Å². The Hall–Kier alpha value is -3.34. The first-order chi connectivity index (χ1) is 18.5. The van der Waals surface area contributed by atoms with Crippen molar-refractivity contribution in [3.8, 4) is 0 Å². The highest BCUT2D eigenvalue weighted by Crippen LogP contribution is 2.16. The van der Waals surface area contributed by atoms with Crippen LogP contribution in [0.15, 0.2) is 66.7 Å². The van der Waals surface area contributed by atoms with Crippen molar-refractivity contribution >= 4 is 21.6 Å². The third-order valence-electron chi connectivity index (χ3n) is 6.25. The fourth-order valence-corrected chi connectivity index (χ4v) is 4.68. The lowest BCUT2D eigenvalue weighted by Gasteiger charge is -2.25. The summed E-state index contributed by atoms with van der Waals surface area (Å²) in [4.78, 5) is 13.1. The molecule has 1 amide bonds. The van der Waals surface area contributed by atoms with Gasteiger partial charge in [-0.05, 0) is 73.7 Å². The molecule has 0 fully saturated rings. The van der Waals surface area contributed by atoms with E-state index in [1.807, 2.05) is 18.2 Å². The second kappa shape index (κ2) is 13.6. The minimum atomic E-state index is -3.62. The van der Waals surface area contributed by atoms with E-state index in [1.165, 1.54) is 43.7 Å². The molecular weight excluding hydrogens is 524 g/mol. The first-order valence-corrected chi connectivity index (χ1v) is 14.4. The summed E-state index contributed by atoms with van der Waals surface area (Å²) in [6.45, 7) is 5.72. The van der Waals surface area contributed by atoms with Gasteiger partial charge in [-0.3, -0.25) is 9.52 Å². The number of rotatable bonds is 13. The third kappa shape index (κ3) is 9.12. The number of halogens is 2. The Morgan fingerprint density at radius 3 is 2.26 bits per heavy atom. The van der Waals surface area contributed by atoms with E-state index in [2.05, 4.69) is 28.3 Å². The van der Waals surface area contributed by atoms with E-state index in [0.29, 0.717) is 6.54 Å². The summed E-state index contributed by atoms with van der Waals surface area (Å²) >= 11 is 0. The van der Waals surface area contributed by atoms with Crippen LogP contribution in [0.4, 0.5) is 14.5 Å². The summed E-state index contributed by atoms with van der Waals surface area (Å²) in [5, 5.41) is 16.3. The van der Waals surface area contributed by atoms with Crippen LogP contribution in [0.1, 0.15) is 47.8 Å². The number of hydrogen-bond donors (Lipinski definition) is 4. The maximum absolute atomic E-state index is 13.8. The Kier molecular flexibility index (Phi) is 10.6. The molecule has 39 heavy (non-hydrogen) atoms. The predicted octanol–water partition coefficient (Wildman–Crippen LogP) is 4.17. The van der Waals surface area contributed by atoms with Crippen molar-refractivity contribution in [2.75, 3.05) is 11.3 Å². The molecule has 0 spiro atoms. The number of carbonyl (C=O) groups is 1. The summed E-state index contributed by atoms with van der Waals surface area (Å²) in [6, 6.07) is 16.1. The van der Waals surface area contributed by atoms with Crippen LogP contribution in [0.5, 0.6) is 0 Å². The Balaban J connectivity index is 1.75. The highest BCUT2D eigenvalue weighted by molar-refractivity contribution is 7.93. The van der Waals surface area contributed by atoms with E-state index in [1.54, 1.807) is 0 Å². The summed E-state index contributed by atoms with van der Waals surface area (Å²) in [6.07, 6.45) is -0.236. The molecule has 3 aromatic carbocycles. The quantitative estimate of drug-likeness (QED) is 0.252. The molecule has 2 unspecified atom stereocenters. The number of aliphatic hydroxyl groups is 1. The molecule has 2 atom stereocenters. The van der Waals surface area contributed by atoms with Crippen molar-refractivity contribution in [3.05, 3.63) is 101 Å². The van der Waals surface area contributed by atoms with Gasteiger partial charge in [-0.25, -0.2) is 17.2 Å². The molecule has 0 bridgehead atoms. The SMILES string of the molecule is CCc1cccc(CNCC(O)C(Cc2cc(F)cc(F)c2)NC(=O)c2cccc(NS(=O)(=O)C(C)C)c2)c1. The highest BCUT2D eigenvalue weighted by Gasteiger charge is 2.24. The molecule has 0 aliphatic rings. The number of hydrogen-bond acceptors (Lipinski definition) is 5. The molecule has 3 rings (SSSR count). The van der Waals surface area contributed by atoms with Crippen molar-refractivity contribution in [1.29, 1.82) is 0 Å². The molecule has 0 aromatic heterocycles. The summed E-state index contributed by atoms with van der Waals surface area (Å²) in [5.41, 5.74) is 2.87. The zero-order valence-electron chi connectivity index (χ0n) is 22.2. The summed E-state index contributed by atoms with van der Waals surface area (Å²) in [5.74, 6) is -2.09. The van der Waals surface area contributed by atoms with E-state index >= 15 is 0 Å². The molecule has 4 N–H and O–H groups in total. The fraction of sp³-hybridized carbons (Fsp3) is 0.345. The average Bonchev–Trinajstić information content (AvgIpc) is 2.87. The molecule has 210 valence electrons. The Labute approximate surface area is 228 Å². The molecule has 10 heteroatoms. The minimum Gasteiger partial charge on any atom is -0.390 e. The lowest BCUT2D eigenvalue weighted by atomic mass is 10.00. The second-order valence-corrected chi connectivity index (χ2v) is 11.9. The summed E-state index contributed by atoms with van der Waals surface area (Å²) < 4.78 is 54.6. The minimum absolute atomic E-state index is 0.0335. The number of amides is 1. The molecule has 0 aliphatic carbocycles. The lowest BCUT2D eigenvalue weighted by Crippen LogP contribution is -2.48. The number of nitrogens with one attached hydrogen (secondary N) is 3. The Bertz CT molecular complexity index is 1360. The average molecular weight is 560 g/mol. The van der Waals surface area contributed by atoms with Crippen LogP contribution in [0.25, 0.3) is 0 Å². The van der Waals surface area contributed by atoms with Gasteiger partial charge in [0.25, 0.3) is 5.91 Å². The molecule has 0 radical (unpaired) electrons. The highest BCUT2D eigenvalue weighted by atomic mass is 32.2. The van der Waals surface area contributed by atoms with Gasteiger partial charge in [0.15, 0.2) is 0 Å². The van der Waals surface area contributed by atoms with E-state index in [9.17, 15) is 27.1 Å². The van der Waals surface area contributed by atoms with Crippen LogP contribution >= 0.6 is 0 Å². The van der Waals surface area contributed by atoms with Crippen LogP contribution in [-0.2, 0) is 29.4 Å². The number of sulfonamides is 1. The van der Waals surface area contributed by atoms with Gasteiger partial charge in [0.1, 0.15) is 11.6 Å². The number of anilines is 1. The van der Waals surface area contributed by atoms with E-state index in [-0.39, 0.29) is 29.8 Å². The molecule has 3 aromatic rings. The van der Waals surface area contributed by atoms with Crippen molar-refractivity contribution in [2.24, 2.45) is 0 Å². The van der Waals surface area contributed by atoms with Crippen LogP contribution in [0.3, 0.4) is 0 Å². The van der Waals surface area contributed by atoms with Crippen LogP contribution in [0, 0.1) is 11.6 Å². The number of carbonyl (C=O) groups excluding carboxylic acids is 1. The Morgan fingerprint density at radius 1 is 0.923 bits per heavy atom. The van der Waals surface area contributed by atoms with Crippen molar-refractivity contribution < 1.29 is 27.1 Å². The number of benzene rings is 3. The smallest absolute Gasteiger partial charge is 0.251 e. The van der Waals surface area contributed by atoms with E-state index in [4.69, 9.17) is 0 Å². The zero-order valence-corrected chi connectivity index (χ0v) is 23.1. The molecule has 7 nitrogen and oxygen atoms in total. The molecule has 0 saturated carbocycles.